The lowest BCUT2D eigenvalue weighted by molar-refractivity contribution is 0.477. The lowest BCUT2D eigenvalue weighted by Gasteiger charge is -2.08. The molecule has 0 amide bonds. The summed E-state index contributed by atoms with van der Waals surface area (Å²) in [6, 6.07) is 6.96. The van der Waals surface area contributed by atoms with Crippen molar-refractivity contribution in [1.82, 2.24) is 4.98 Å². The molecule has 2 aromatic rings. The summed E-state index contributed by atoms with van der Waals surface area (Å²) < 4.78 is 26.0. The molecular weight excluding hydrogens is 256 g/mol. The van der Waals surface area contributed by atoms with Gasteiger partial charge in [-0.05, 0) is 12.1 Å². The van der Waals surface area contributed by atoms with Crippen LogP contribution in [0.5, 0.6) is 5.75 Å². The molecule has 1 heterocycles. The zero-order valence-electron chi connectivity index (χ0n) is 9.12. The van der Waals surface area contributed by atoms with Crippen molar-refractivity contribution < 1.29 is 13.5 Å². The fraction of sp³-hybridized carbons (Fsp3) is 0. The van der Waals surface area contributed by atoms with E-state index in [1.165, 1.54) is 18.3 Å². The van der Waals surface area contributed by atoms with Crippen LogP contribution < -0.4 is 10.2 Å². The fourth-order valence-corrected chi connectivity index (χ4v) is 2.50. The number of phenolic OH excluding ortho intramolecular Hbond substituents is 1. The minimum Gasteiger partial charge on any atom is -0.506 e. The molecule has 0 unspecified atom stereocenters. The summed E-state index contributed by atoms with van der Waals surface area (Å²) in [5, 5.41) is 9.48. The monoisotopic (exact) mass is 266 g/mol. The Morgan fingerprint density at radius 1 is 1.17 bits per heavy atom. The van der Waals surface area contributed by atoms with Crippen LogP contribution in [-0.2, 0) is 10.0 Å². The van der Waals surface area contributed by atoms with Gasteiger partial charge in [-0.15, -0.1) is 0 Å². The number of H-pyrrole nitrogens is 1. The molecule has 0 aliphatic heterocycles. The van der Waals surface area contributed by atoms with Crippen LogP contribution in [0.2, 0.25) is 0 Å². The Labute approximate surface area is 103 Å². The number of hydrogen-bond acceptors (Lipinski definition) is 4. The topological polar surface area (TPSA) is 99.3 Å². The van der Waals surface area contributed by atoms with E-state index in [9.17, 15) is 18.3 Å². The van der Waals surface area contributed by atoms with Crippen LogP contribution >= 0.6 is 0 Å². The van der Waals surface area contributed by atoms with Crippen LogP contribution in [0.25, 0.3) is 0 Å². The highest BCUT2D eigenvalue weighted by atomic mass is 32.2. The second-order valence-electron chi connectivity index (χ2n) is 3.50. The number of para-hydroxylation sites is 2. The summed E-state index contributed by atoms with van der Waals surface area (Å²) in [6.45, 7) is 0. The SMILES string of the molecule is O=c1cc[nH]cc1S(=O)(=O)Nc1ccccc1O. The molecule has 2 rings (SSSR count). The van der Waals surface area contributed by atoms with Gasteiger partial charge < -0.3 is 10.1 Å². The van der Waals surface area contributed by atoms with Gasteiger partial charge in [0.15, 0.2) is 4.90 Å². The third kappa shape index (κ3) is 2.35. The summed E-state index contributed by atoms with van der Waals surface area (Å²) >= 11 is 0. The van der Waals surface area contributed by atoms with E-state index in [2.05, 4.69) is 9.71 Å². The van der Waals surface area contributed by atoms with Gasteiger partial charge in [0.25, 0.3) is 10.0 Å². The van der Waals surface area contributed by atoms with Crippen molar-refractivity contribution in [2.75, 3.05) is 4.72 Å². The lowest BCUT2D eigenvalue weighted by Crippen LogP contribution is -2.20. The van der Waals surface area contributed by atoms with Gasteiger partial charge in [-0.3, -0.25) is 9.52 Å². The van der Waals surface area contributed by atoms with Gasteiger partial charge in [0.2, 0.25) is 5.43 Å². The quantitative estimate of drug-likeness (QED) is 0.718. The van der Waals surface area contributed by atoms with Gasteiger partial charge in [-0.25, -0.2) is 8.42 Å². The van der Waals surface area contributed by atoms with Crippen molar-refractivity contribution in [3.63, 3.8) is 0 Å². The predicted molar refractivity (Wildman–Crippen MR) is 66.0 cm³/mol. The van der Waals surface area contributed by atoms with Gasteiger partial charge in [0.05, 0.1) is 5.69 Å². The molecule has 94 valence electrons. The molecule has 1 aromatic heterocycles. The minimum atomic E-state index is -4.02. The van der Waals surface area contributed by atoms with Crippen LogP contribution in [0.4, 0.5) is 5.69 Å². The number of anilines is 1. The summed E-state index contributed by atoms with van der Waals surface area (Å²) in [5.74, 6) is -0.214. The molecule has 0 saturated carbocycles. The molecule has 0 spiro atoms. The number of phenols is 1. The highest BCUT2D eigenvalue weighted by Gasteiger charge is 2.18. The van der Waals surface area contributed by atoms with Crippen molar-refractivity contribution in [2.45, 2.75) is 4.90 Å². The largest absolute Gasteiger partial charge is 0.506 e. The van der Waals surface area contributed by atoms with Crippen molar-refractivity contribution in [2.24, 2.45) is 0 Å². The van der Waals surface area contributed by atoms with E-state index in [1.807, 2.05) is 0 Å². The third-order valence-corrected chi connectivity index (χ3v) is 3.61. The number of aromatic nitrogens is 1. The first-order valence-electron chi connectivity index (χ1n) is 4.98. The molecule has 3 N–H and O–H groups in total. The maximum absolute atomic E-state index is 11.9. The van der Waals surface area contributed by atoms with Crippen LogP contribution in [0.3, 0.4) is 0 Å². The number of hydrogen-bond donors (Lipinski definition) is 3. The molecule has 1 aromatic carbocycles. The van der Waals surface area contributed by atoms with Crippen LogP contribution in [0, 0.1) is 0 Å². The Kier molecular flexibility index (Phi) is 3.07. The first-order chi connectivity index (χ1) is 8.50. The molecule has 0 fully saturated rings. The maximum atomic E-state index is 11.9. The first kappa shape index (κ1) is 12.2. The normalized spacial score (nSPS) is 11.1. The number of nitrogens with one attached hydrogen (secondary N) is 2. The number of aromatic hydroxyl groups is 1. The van der Waals surface area contributed by atoms with Gasteiger partial charge in [0.1, 0.15) is 5.75 Å². The van der Waals surface area contributed by atoms with Crippen molar-refractivity contribution >= 4 is 15.7 Å². The molecule has 6 nitrogen and oxygen atoms in total. The van der Waals surface area contributed by atoms with Gasteiger partial charge >= 0.3 is 0 Å². The summed E-state index contributed by atoms with van der Waals surface area (Å²) in [5.41, 5.74) is -0.613. The van der Waals surface area contributed by atoms with E-state index in [1.54, 1.807) is 12.1 Å². The van der Waals surface area contributed by atoms with Crippen molar-refractivity contribution in [3.8, 4) is 5.75 Å². The summed E-state index contributed by atoms with van der Waals surface area (Å²) in [7, 11) is -4.02. The Hall–Kier alpha value is -2.28. The van der Waals surface area contributed by atoms with E-state index in [-0.39, 0.29) is 11.4 Å². The van der Waals surface area contributed by atoms with Gasteiger partial charge in [-0.2, -0.15) is 0 Å². The standard InChI is InChI=1S/C11H10N2O4S/c14-9-4-2-1-3-8(9)13-18(16,17)11-7-12-6-5-10(11)15/h1-7,13-14H,(H,12,15). The average molecular weight is 266 g/mol. The van der Waals surface area contributed by atoms with E-state index in [0.29, 0.717) is 0 Å². The van der Waals surface area contributed by atoms with Crippen LogP contribution in [-0.4, -0.2) is 18.5 Å². The molecule has 0 saturated heterocycles. The average Bonchev–Trinajstić information content (AvgIpc) is 2.32. The first-order valence-corrected chi connectivity index (χ1v) is 6.47. The molecule has 18 heavy (non-hydrogen) atoms. The molecular formula is C11H10N2O4S. The summed E-state index contributed by atoms with van der Waals surface area (Å²) in [6.07, 6.45) is 2.42. The lowest BCUT2D eigenvalue weighted by atomic mass is 10.3. The number of rotatable bonds is 3. The zero-order valence-corrected chi connectivity index (χ0v) is 9.94. The van der Waals surface area contributed by atoms with Gasteiger partial charge in [0, 0.05) is 18.5 Å². The highest BCUT2D eigenvalue weighted by Crippen LogP contribution is 2.23. The number of aromatic amines is 1. The third-order valence-electron chi connectivity index (χ3n) is 2.23. The number of benzene rings is 1. The Morgan fingerprint density at radius 2 is 1.89 bits per heavy atom. The predicted octanol–water partition coefficient (Wildman–Crippen LogP) is 0.881. The summed E-state index contributed by atoms with van der Waals surface area (Å²) in [4.78, 5) is 13.6. The van der Waals surface area contributed by atoms with E-state index < -0.39 is 20.3 Å². The van der Waals surface area contributed by atoms with Crippen LogP contribution in [0.1, 0.15) is 0 Å². The van der Waals surface area contributed by atoms with Crippen molar-refractivity contribution in [1.29, 1.82) is 0 Å². The second-order valence-corrected chi connectivity index (χ2v) is 5.15. The highest BCUT2D eigenvalue weighted by molar-refractivity contribution is 7.92. The zero-order chi connectivity index (χ0) is 13.2. The second kappa shape index (κ2) is 4.53. The Bertz CT molecular complexity index is 722. The van der Waals surface area contributed by atoms with Crippen molar-refractivity contribution in [3.05, 3.63) is 52.9 Å². The Morgan fingerprint density at radius 3 is 2.56 bits per heavy atom. The minimum absolute atomic E-state index is 0.0146. The smallest absolute Gasteiger partial charge is 0.267 e. The molecule has 0 radical (unpaired) electrons. The number of pyridine rings is 1. The van der Waals surface area contributed by atoms with E-state index in [4.69, 9.17) is 0 Å². The maximum Gasteiger partial charge on any atom is 0.267 e. The molecule has 0 atom stereocenters. The van der Waals surface area contributed by atoms with E-state index in [0.717, 1.165) is 12.3 Å². The van der Waals surface area contributed by atoms with Crippen LogP contribution in [0.15, 0.2) is 52.4 Å². The number of sulfonamides is 1. The Balaban J connectivity index is 2.43. The molecule has 0 bridgehead atoms. The molecule has 7 heteroatoms. The molecule has 0 aliphatic carbocycles. The molecule has 0 aliphatic rings. The van der Waals surface area contributed by atoms with E-state index >= 15 is 0 Å². The van der Waals surface area contributed by atoms with Gasteiger partial charge in [-0.1, -0.05) is 12.1 Å². The fourth-order valence-electron chi connectivity index (χ4n) is 1.37.